The van der Waals surface area contributed by atoms with Gasteiger partial charge in [-0.3, -0.25) is 4.79 Å². The molecule has 98 valence electrons. The van der Waals surface area contributed by atoms with Crippen LogP contribution in [0.25, 0.3) is 0 Å². The molecule has 2 fully saturated rings. The minimum atomic E-state index is -0.217. The third-order valence-electron chi connectivity index (χ3n) is 4.27. The Balaban J connectivity index is 1.99. The molecule has 0 saturated carbocycles. The van der Waals surface area contributed by atoms with E-state index in [2.05, 4.69) is 24.5 Å². The Labute approximate surface area is 104 Å². The molecule has 0 aromatic heterocycles. The van der Waals surface area contributed by atoms with Crippen LogP contribution in [0.4, 0.5) is 0 Å². The lowest BCUT2D eigenvalue weighted by Gasteiger charge is -2.40. The Bertz CT molecular complexity index is 266. The number of hydrogen-bond acceptors (Lipinski definition) is 3. The van der Waals surface area contributed by atoms with Crippen molar-refractivity contribution < 1.29 is 4.79 Å². The van der Waals surface area contributed by atoms with Gasteiger partial charge in [0, 0.05) is 31.6 Å². The Morgan fingerprint density at radius 3 is 2.47 bits per heavy atom. The molecule has 0 bridgehead atoms. The first-order valence-electron chi connectivity index (χ1n) is 6.83. The fourth-order valence-electron chi connectivity index (χ4n) is 2.92. The molecule has 0 radical (unpaired) electrons. The fourth-order valence-corrected chi connectivity index (χ4v) is 2.92. The zero-order valence-corrected chi connectivity index (χ0v) is 11.1. The van der Waals surface area contributed by atoms with Crippen molar-refractivity contribution in [3.05, 3.63) is 0 Å². The van der Waals surface area contributed by atoms with Gasteiger partial charge in [-0.25, -0.2) is 0 Å². The van der Waals surface area contributed by atoms with Crippen molar-refractivity contribution in [1.82, 2.24) is 15.5 Å². The molecule has 2 N–H and O–H groups in total. The van der Waals surface area contributed by atoms with E-state index in [-0.39, 0.29) is 5.41 Å². The first-order chi connectivity index (χ1) is 8.12. The Morgan fingerprint density at radius 1 is 1.18 bits per heavy atom. The van der Waals surface area contributed by atoms with Crippen LogP contribution in [0.1, 0.15) is 26.7 Å². The standard InChI is InChI=1S/C13H25N3O/c1-13(2,11-4-3-5-15-10-11)12(17)16-8-6-14-7-9-16/h11,14-15H,3-10H2,1-2H3. The largest absolute Gasteiger partial charge is 0.340 e. The van der Waals surface area contributed by atoms with Crippen LogP contribution in [0.15, 0.2) is 0 Å². The maximum atomic E-state index is 12.6. The van der Waals surface area contributed by atoms with E-state index in [1.165, 1.54) is 12.8 Å². The predicted molar refractivity (Wildman–Crippen MR) is 68.8 cm³/mol. The van der Waals surface area contributed by atoms with E-state index in [9.17, 15) is 4.79 Å². The van der Waals surface area contributed by atoms with Gasteiger partial charge in [0.25, 0.3) is 0 Å². The zero-order valence-electron chi connectivity index (χ0n) is 11.1. The third-order valence-corrected chi connectivity index (χ3v) is 4.27. The van der Waals surface area contributed by atoms with Crippen LogP contribution in [0.2, 0.25) is 0 Å². The Morgan fingerprint density at radius 2 is 1.88 bits per heavy atom. The van der Waals surface area contributed by atoms with Crippen molar-refractivity contribution in [2.24, 2.45) is 11.3 Å². The topological polar surface area (TPSA) is 44.4 Å². The molecule has 1 unspecified atom stereocenters. The van der Waals surface area contributed by atoms with Crippen LogP contribution in [0.5, 0.6) is 0 Å². The molecule has 1 amide bonds. The molecule has 0 aromatic carbocycles. The second kappa shape index (κ2) is 5.36. The number of nitrogens with one attached hydrogen (secondary N) is 2. The van der Waals surface area contributed by atoms with Gasteiger partial charge in [0.1, 0.15) is 0 Å². The molecule has 2 aliphatic rings. The molecule has 17 heavy (non-hydrogen) atoms. The van der Waals surface area contributed by atoms with Gasteiger partial charge >= 0.3 is 0 Å². The average Bonchev–Trinajstić information content (AvgIpc) is 2.40. The van der Waals surface area contributed by atoms with Crippen molar-refractivity contribution in [3.8, 4) is 0 Å². The molecule has 2 heterocycles. The van der Waals surface area contributed by atoms with Crippen LogP contribution >= 0.6 is 0 Å². The van der Waals surface area contributed by atoms with E-state index >= 15 is 0 Å². The lowest BCUT2D eigenvalue weighted by molar-refractivity contribution is -0.144. The summed E-state index contributed by atoms with van der Waals surface area (Å²) in [7, 11) is 0. The molecule has 4 heteroatoms. The highest BCUT2D eigenvalue weighted by Gasteiger charge is 2.39. The van der Waals surface area contributed by atoms with E-state index in [0.29, 0.717) is 11.8 Å². The third kappa shape index (κ3) is 2.80. The first kappa shape index (κ1) is 12.8. The van der Waals surface area contributed by atoms with Crippen LogP contribution in [0.3, 0.4) is 0 Å². The summed E-state index contributed by atoms with van der Waals surface area (Å²) in [6.45, 7) is 9.93. The molecule has 4 nitrogen and oxygen atoms in total. The van der Waals surface area contributed by atoms with Crippen molar-refractivity contribution >= 4 is 5.91 Å². The van der Waals surface area contributed by atoms with Gasteiger partial charge in [-0.1, -0.05) is 13.8 Å². The maximum absolute atomic E-state index is 12.6. The van der Waals surface area contributed by atoms with E-state index in [1.807, 2.05) is 4.90 Å². The van der Waals surface area contributed by atoms with E-state index in [4.69, 9.17) is 0 Å². The second-order valence-corrected chi connectivity index (χ2v) is 5.81. The number of rotatable bonds is 2. The van der Waals surface area contributed by atoms with Crippen molar-refractivity contribution in [2.75, 3.05) is 39.3 Å². The Hall–Kier alpha value is -0.610. The number of carbonyl (C=O) groups is 1. The summed E-state index contributed by atoms with van der Waals surface area (Å²) in [6, 6.07) is 0. The lowest BCUT2D eigenvalue weighted by Crippen LogP contribution is -2.54. The fraction of sp³-hybridized carbons (Fsp3) is 0.923. The normalized spacial score (nSPS) is 26.9. The Kier molecular flexibility index (Phi) is 4.05. The lowest BCUT2D eigenvalue weighted by atomic mass is 9.74. The minimum Gasteiger partial charge on any atom is -0.340 e. The van der Waals surface area contributed by atoms with Gasteiger partial charge in [-0.15, -0.1) is 0 Å². The molecular formula is C13H25N3O. The molecule has 1 atom stereocenters. The maximum Gasteiger partial charge on any atom is 0.228 e. The number of nitrogens with zero attached hydrogens (tertiary/aromatic N) is 1. The number of piperazine rings is 1. The summed E-state index contributed by atoms with van der Waals surface area (Å²) < 4.78 is 0. The average molecular weight is 239 g/mol. The monoisotopic (exact) mass is 239 g/mol. The predicted octanol–water partition coefficient (Wildman–Crippen LogP) is 0.444. The molecular weight excluding hydrogens is 214 g/mol. The summed E-state index contributed by atoms with van der Waals surface area (Å²) in [5.41, 5.74) is -0.217. The van der Waals surface area contributed by atoms with E-state index in [0.717, 1.165) is 39.3 Å². The van der Waals surface area contributed by atoms with E-state index in [1.54, 1.807) is 0 Å². The number of hydrogen-bond donors (Lipinski definition) is 2. The highest BCUT2D eigenvalue weighted by atomic mass is 16.2. The minimum absolute atomic E-state index is 0.217. The van der Waals surface area contributed by atoms with Gasteiger partial charge in [-0.2, -0.15) is 0 Å². The van der Waals surface area contributed by atoms with Crippen molar-refractivity contribution in [2.45, 2.75) is 26.7 Å². The van der Waals surface area contributed by atoms with Crippen LogP contribution in [0, 0.1) is 11.3 Å². The van der Waals surface area contributed by atoms with Gasteiger partial charge in [0.05, 0.1) is 0 Å². The van der Waals surface area contributed by atoms with Gasteiger partial charge in [0.2, 0.25) is 5.91 Å². The summed E-state index contributed by atoms with van der Waals surface area (Å²) >= 11 is 0. The number of carbonyl (C=O) groups excluding carboxylic acids is 1. The number of piperidine rings is 1. The highest BCUT2D eigenvalue weighted by Crippen LogP contribution is 2.33. The summed E-state index contributed by atoms with van der Waals surface area (Å²) in [4.78, 5) is 14.6. The van der Waals surface area contributed by atoms with Gasteiger partial charge < -0.3 is 15.5 Å². The molecule has 0 aromatic rings. The van der Waals surface area contributed by atoms with Crippen LogP contribution in [-0.2, 0) is 4.79 Å². The molecule has 0 spiro atoms. The van der Waals surface area contributed by atoms with Crippen molar-refractivity contribution in [1.29, 1.82) is 0 Å². The van der Waals surface area contributed by atoms with Gasteiger partial charge in [-0.05, 0) is 31.8 Å². The zero-order chi connectivity index (χ0) is 12.3. The first-order valence-corrected chi connectivity index (χ1v) is 6.83. The summed E-state index contributed by atoms with van der Waals surface area (Å²) in [5, 5.41) is 6.71. The molecule has 2 saturated heterocycles. The summed E-state index contributed by atoms with van der Waals surface area (Å²) in [6.07, 6.45) is 2.38. The second-order valence-electron chi connectivity index (χ2n) is 5.81. The van der Waals surface area contributed by atoms with Crippen LogP contribution in [-0.4, -0.2) is 50.1 Å². The quantitative estimate of drug-likeness (QED) is 0.735. The van der Waals surface area contributed by atoms with Crippen molar-refractivity contribution in [3.63, 3.8) is 0 Å². The summed E-state index contributed by atoms with van der Waals surface area (Å²) in [5.74, 6) is 0.825. The molecule has 0 aliphatic carbocycles. The number of amides is 1. The SMILES string of the molecule is CC(C)(C(=O)N1CCNCC1)C1CCCNC1. The van der Waals surface area contributed by atoms with Crippen LogP contribution < -0.4 is 10.6 Å². The van der Waals surface area contributed by atoms with Gasteiger partial charge in [0.15, 0.2) is 0 Å². The highest BCUT2D eigenvalue weighted by molar-refractivity contribution is 5.82. The van der Waals surface area contributed by atoms with E-state index < -0.39 is 0 Å². The smallest absolute Gasteiger partial charge is 0.228 e. The molecule has 2 rings (SSSR count). The molecule has 2 aliphatic heterocycles.